The zero-order valence-corrected chi connectivity index (χ0v) is 15.9. The van der Waals surface area contributed by atoms with Crippen molar-refractivity contribution in [3.8, 4) is 20.9 Å². The van der Waals surface area contributed by atoms with Gasteiger partial charge in [0.1, 0.15) is 11.0 Å². The fourth-order valence-corrected chi connectivity index (χ4v) is 4.86. The summed E-state index contributed by atoms with van der Waals surface area (Å²) in [4.78, 5) is 2.54. The second kappa shape index (κ2) is 7.50. The molecule has 3 heterocycles. The first kappa shape index (κ1) is 16.5. The largest absolute Gasteiger partial charge is 0.197 e. The number of aromatic nitrogens is 3. The van der Waals surface area contributed by atoms with Crippen LogP contribution >= 0.6 is 22.7 Å². The van der Waals surface area contributed by atoms with E-state index < -0.39 is 0 Å². The molecular formula is C20H21N3S2. The molecular weight excluding hydrogens is 346 g/mol. The summed E-state index contributed by atoms with van der Waals surface area (Å²) >= 11 is 3.54. The molecule has 3 aromatic heterocycles. The lowest BCUT2D eigenvalue weighted by atomic mass is 9.95. The van der Waals surface area contributed by atoms with E-state index in [9.17, 15) is 0 Å². The Bertz CT molecular complexity index is 937. The smallest absolute Gasteiger partial charge is 0.122 e. The summed E-state index contributed by atoms with van der Waals surface area (Å²) in [6.07, 6.45) is 6.16. The summed E-state index contributed by atoms with van der Waals surface area (Å²) in [6.45, 7) is 2.26. The highest BCUT2D eigenvalue weighted by Crippen LogP contribution is 2.40. The predicted octanol–water partition coefficient (Wildman–Crippen LogP) is 6.54. The van der Waals surface area contributed by atoms with Gasteiger partial charge in [-0.15, -0.1) is 22.7 Å². The van der Waals surface area contributed by atoms with Crippen molar-refractivity contribution in [2.75, 3.05) is 0 Å². The van der Waals surface area contributed by atoms with Crippen LogP contribution in [0.15, 0.2) is 41.1 Å². The van der Waals surface area contributed by atoms with E-state index in [-0.39, 0.29) is 0 Å². The zero-order valence-electron chi connectivity index (χ0n) is 14.3. The molecule has 0 bridgehead atoms. The van der Waals surface area contributed by atoms with Crippen LogP contribution in [0.5, 0.6) is 0 Å². The summed E-state index contributed by atoms with van der Waals surface area (Å²) in [7, 11) is 0. The monoisotopic (exact) mass is 367 g/mol. The molecule has 0 amide bonds. The van der Waals surface area contributed by atoms with E-state index in [2.05, 4.69) is 63.4 Å². The standard InChI is InChI=1S/C20H21N3S2/c1-2-3-4-5-8-14-13-15(16-9-6-11-24-16)19-20(22-23-21-19)18(14)17-10-7-12-25-17/h6-7,9-13H,2-5,8H2,1H3,(H,21,22,23). The van der Waals surface area contributed by atoms with Gasteiger partial charge in [-0.3, -0.25) is 0 Å². The maximum absolute atomic E-state index is 4.53. The SMILES string of the molecule is CCCCCCc1cc(-c2cccs2)c2n[nH]nc2c1-c1cccs1. The molecule has 0 unspecified atom stereocenters. The summed E-state index contributed by atoms with van der Waals surface area (Å²) in [5, 5.41) is 16.1. The van der Waals surface area contributed by atoms with E-state index in [1.807, 2.05) is 0 Å². The minimum atomic E-state index is 0.975. The van der Waals surface area contributed by atoms with Gasteiger partial charge in [-0.2, -0.15) is 15.4 Å². The van der Waals surface area contributed by atoms with Crippen LogP contribution in [0.1, 0.15) is 38.2 Å². The maximum atomic E-state index is 4.53. The topological polar surface area (TPSA) is 41.6 Å². The van der Waals surface area contributed by atoms with Crippen molar-refractivity contribution in [2.24, 2.45) is 0 Å². The van der Waals surface area contributed by atoms with E-state index in [4.69, 9.17) is 0 Å². The number of nitrogens with zero attached hydrogens (tertiary/aromatic N) is 2. The molecule has 4 aromatic rings. The van der Waals surface area contributed by atoms with Gasteiger partial charge in [-0.1, -0.05) is 38.3 Å². The van der Waals surface area contributed by atoms with E-state index in [1.54, 1.807) is 22.7 Å². The Hall–Kier alpha value is -1.98. The first-order valence-corrected chi connectivity index (χ1v) is 10.6. The van der Waals surface area contributed by atoms with Crippen molar-refractivity contribution in [3.05, 3.63) is 46.7 Å². The lowest BCUT2D eigenvalue weighted by molar-refractivity contribution is 0.667. The first-order valence-electron chi connectivity index (χ1n) is 8.82. The highest BCUT2D eigenvalue weighted by Gasteiger charge is 2.19. The molecule has 0 saturated heterocycles. The summed E-state index contributed by atoms with van der Waals surface area (Å²) < 4.78 is 0. The second-order valence-electron chi connectivity index (χ2n) is 6.24. The van der Waals surface area contributed by atoms with E-state index in [0.717, 1.165) is 17.5 Å². The van der Waals surface area contributed by atoms with Crippen LogP contribution in [0.2, 0.25) is 0 Å². The van der Waals surface area contributed by atoms with Gasteiger partial charge in [-0.05, 0) is 47.4 Å². The second-order valence-corrected chi connectivity index (χ2v) is 8.14. The van der Waals surface area contributed by atoms with Gasteiger partial charge < -0.3 is 0 Å². The lowest BCUT2D eigenvalue weighted by Gasteiger charge is -2.12. The van der Waals surface area contributed by atoms with Gasteiger partial charge in [0.25, 0.3) is 0 Å². The maximum Gasteiger partial charge on any atom is 0.122 e. The van der Waals surface area contributed by atoms with Crippen LogP contribution in [-0.2, 0) is 6.42 Å². The Balaban J connectivity index is 1.85. The third-order valence-corrected chi connectivity index (χ3v) is 6.32. The lowest BCUT2D eigenvalue weighted by Crippen LogP contribution is -1.94. The predicted molar refractivity (Wildman–Crippen MR) is 108 cm³/mol. The number of benzene rings is 1. The van der Waals surface area contributed by atoms with Crippen molar-refractivity contribution < 1.29 is 0 Å². The molecule has 0 saturated carbocycles. The molecule has 4 rings (SSSR count). The van der Waals surface area contributed by atoms with Gasteiger partial charge in [0.15, 0.2) is 0 Å². The molecule has 1 aromatic carbocycles. The fraction of sp³-hybridized carbons (Fsp3) is 0.300. The van der Waals surface area contributed by atoms with Crippen molar-refractivity contribution in [3.63, 3.8) is 0 Å². The average molecular weight is 368 g/mol. The number of H-pyrrole nitrogens is 1. The van der Waals surface area contributed by atoms with E-state index in [1.165, 1.54) is 52.1 Å². The first-order chi connectivity index (χ1) is 12.4. The van der Waals surface area contributed by atoms with E-state index >= 15 is 0 Å². The number of unbranched alkanes of at least 4 members (excludes halogenated alkanes) is 3. The van der Waals surface area contributed by atoms with Crippen molar-refractivity contribution in [2.45, 2.75) is 39.0 Å². The molecule has 25 heavy (non-hydrogen) atoms. The third-order valence-electron chi connectivity index (χ3n) is 4.53. The number of hydrogen-bond acceptors (Lipinski definition) is 4. The molecule has 0 aliphatic heterocycles. The van der Waals surface area contributed by atoms with Crippen LogP contribution in [0.25, 0.3) is 31.9 Å². The Labute approximate surface area is 155 Å². The number of aryl methyl sites for hydroxylation is 1. The molecule has 0 spiro atoms. The zero-order chi connectivity index (χ0) is 17.1. The molecule has 1 N–H and O–H groups in total. The third kappa shape index (κ3) is 3.26. The van der Waals surface area contributed by atoms with Crippen LogP contribution in [0.3, 0.4) is 0 Å². The average Bonchev–Trinajstić information content (AvgIpc) is 3.40. The normalized spacial score (nSPS) is 11.4. The number of hydrogen-bond donors (Lipinski definition) is 1. The molecule has 128 valence electrons. The molecule has 0 aliphatic carbocycles. The fourth-order valence-electron chi connectivity index (χ4n) is 3.31. The van der Waals surface area contributed by atoms with Gasteiger partial charge >= 0.3 is 0 Å². The van der Waals surface area contributed by atoms with Crippen LogP contribution < -0.4 is 0 Å². The Morgan fingerprint density at radius 2 is 1.68 bits per heavy atom. The van der Waals surface area contributed by atoms with Gasteiger partial charge in [0.2, 0.25) is 0 Å². The van der Waals surface area contributed by atoms with Crippen molar-refractivity contribution >= 4 is 33.7 Å². The van der Waals surface area contributed by atoms with Crippen molar-refractivity contribution in [1.29, 1.82) is 0 Å². The Morgan fingerprint density at radius 1 is 0.920 bits per heavy atom. The summed E-state index contributed by atoms with van der Waals surface area (Å²) in [5.74, 6) is 0. The Kier molecular flexibility index (Phi) is 4.95. The minimum Gasteiger partial charge on any atom is -0.197 e. The molecule has 5 heteroatoms. The number of fused-ring (bicyclic) bond motifs is 1. The number of aromatic amines is 1. The number of thiophene rings is 2. The molecule has 0 atom stereocenters. The van der Waals surface area contributed by atoms with E-state index in [0.29, 0.717) is 0 Å². The van der Waals surface area contributed by atoms with Gasteiger partial charge in [0.05, 0.1) is 0 Å². The molecule has 0 aliphatic rings. The Morgan fingerprint density at radius 3 is 2.40 bits per heavy atom. The number of nitrogens with one attached hydrogen (secondary N) is 1. The van der Waals surface area contributed by atoms with Gasteiger partial charge in [0, 0.05) is 20.9 Å². The van der Waals surface area contributed by atoms with Crippen LogP contribution in [0, 0.1) is 0 Å². The molecule has 0 radical (unpaired) electrons. The number of rotatable bonds is 7. The quantitative estimate of drug-likeness (QED) is 0.377. The van der Waals surface area contributed by atoms with Crippen molar-refractivity contribution in [1.82, 2.24) is 15.4 Å². The molecule has 3 nitrogen and oxygen atoms in total. The van der Waals surface area contributed by atoms with Gasteiger partial charge in [-0.25, -0.2) is 0 Å². The summed E-state index contributed by atoms with van der Waals surface area (Å²) in [5.41, 5.74) is 5.82. The highest BCUT2D eigenvalue weighted by molar-refractivity contribution is 7.14. The minimum absolute atomic E-state index is 0.975. The highest BCUT2D eigenvalue weighted by atomic mass is 32.1. The summed E-state index contributed by atoms with van der Waals surface area (Å²) in [6, 6.07) is 10.9. The van der Waals surface area contributed by atoms with Crippen LogP contribution in [-0.4, -0.2) is 15.4 Å². The van der Waals surface area contributed by atoms with Crippen LogP contribution in [0.4, 0.5) is 0 Å². The molecule has 0 fully saturated rings.